The number of nitrogens with zero attached hydrogens (tertiary/aromatic N) is 1. The van der Waals surface area contributed by atoms with Gasteiger partial charge in [-0.1, -0.05) is 36.2 Å². The molecule has 3 rings (SSSR count). The number of allylic oxidation sites excluding steroid dienone is 2. The lowest BCUT2D eigenvalue weighted by molar-refractivity contribution is -0.115. The molecular weight excluding hydrogens is 341 g/mol. The Kier molecular flexibility index (Phi) is 5.34. The van der Waals surface area contributed by atoms with Crippen LogP contribution in [0.1, 0.15) is 13.3 Å². The van der Waals surface area contributed by atoms with Crippen LogP contribution < -0.4 is 10.6 Å². The van der Waals surface area contributed by atoms with Crippen LogP contribution in [0.5, 0.6) is 0 Å². The van der Waals surface area contributed by atoms with Crippen LogP contribution in [0.15, 0.2) is 58.8 Å². The van der Waals surface area contributed by atoms with Gasteiger partial charge in [-0.25, -0.2) is 4.39 Å². The van der Waals surface area contributed by atoms with E-state index in [9.17, 15) is 9.18 Å². The van der Waals surface area contributed by atoms with Crippen LogP contribution in [0.2, 0.25) is 5.02 Å². The first-order chi connectivity index (χ1) is 12.0. The molecule has 6 heteroatoms. The van der Waals surface area contributed by atoms with Gasteiger partial charge in [0.25, 0.3) is 0 Å². The molecule has 0 spiro atoms. The highest BCUT2D eigenvalue weighted by atomic mass is 35.5. The molecule has 1 aromatic rings. The maximum atomic E-state index is 13.2. The normalized spacial score (nSPS) is 19.5. The lowest BCUT2D eigenvalue weighted by Crippen LogP contribution is -2.25. The van der Waals surface area contributed by atoms with Crippen molar-refractivity contribution in [3.63, 3.8) is 0 Å². The van der Waals surface area contributed by atoms with Crippen molar-refractivity contribution in [3.8, 4) is 0 Å². The van der Waals surface area contributed by atoms with E-state index >= 15 is 0 Å². The van der Waals surface area contributed by atoms with Gasteiger partial charge in [0.05, 0.1) is 11.6 Å². The van der Waals surface area contributed by atoms with Crippen LogP contribution in [0.3, 0.4) is 0 Å². The maximum Gasteiger partial charge on any atom is 0.228 e. The second kappa shape index (κ2) is 7.66. The van der Waals surface area contributed by atoms with E-state index in [1.165, 1.54) is 18.2 Å². The maximum absolute atomic E-state index is 13.2. The van der Waals surface area contributed by atoms with E-state index in [-0.39, 0.29) is 23.3 Å². The van der Waals surface area contributed by atoms with Crippen molar-refractivity contribution in [2.24, 2.45) is 10.9 Å². The number of benzene rings is 1. The standard InChI is InChI=1S/C19H19ClFN3O/c1-12-14(6-9-23-19(12)13-4-7-22-8-5-13)10-18(25)24-15-2-3-17(21)16(20)11-15/h2-7,11-12,22H,8-10H2,1H3,(H,24,25)/t12-/m1/s1. The van der Waals surface area contributed by atoms with Crippen molar-refractivity contribution in [3.05, 3.63) is 64.6 Å². The quantitative estimate of drug-likeness (QED) is 0.802. The Hall–Kier alpha value is -2.40. The zero-order chi connectivity index (χ0) is 17.8. The van der Waals surface area contributed by atoms with Crippen molar-refractivity contribution < 1.29 is 9.18 Å². The summed E-state index contributed by atoms with van der Waals surface area (Å²) in [7, 11) is 0. The highest BCUT2D eigenvalue weighted by Crippen LogP contribution is 2.26. The zero-order valence-electron chi connectivity index (χ0n) is 13.9. The Labute approximate surface area is 151 Å². The zero-order valence-corrected chi connectivity index (χ0v) is 14.6. The van der Waals surface area contributed by atoms with Crippen LogP contribution in [0.4, 0.5) is 10.1 Å². The van der Waals surface area contributed by atoms with E-state index in [1.807, 2.05) is 18.4 Å². The summed E-state index contributed by atoms with van der Waals surface area (Å²) in [5, 5.41) is 5.87. The highest BCUT2D eigenvalue weighted by Gasteiger charge is 2.23. The first kappa shape index (κ1) is 17.4. The third-order valence-corrected chi connectivity index (χ3v) is 4.56. The predicted molar refractivity (Wildman–Crippen MR) is 99.4 cm³/mol. The van der Waals surface area contributed by atoms with Gasteiger partial charge >= 0.3 is 0 Å². The molecule has 0 bridgehead atoms. The minimum Gasteiger partial charge on any atom is -0.387 e. The second-order valence-electron chi connectivity index (χ2n) is 5.98. The summed E-state index contributed by atoms with van der Waals surface area (Å²) in [6.07, 6.45) is 8.27. The third kappa shape index (κ3) is 4.17. The fourth-order valence-corrected chi connectivity index (χ4v) is 3.11. The molecule has 2 N–H and O–H groups in total. The molecule has 1 amide bonds. The Morgan fingerprint density at radius 2 is 2.28 bits per heavy atom. The minimum absolute atomic E-state index is 0.0119. The average molecular weight is 360 g/mol. The Morgan fingerprint density at radius 3 is 3.00 bits per heavy atom. The van der Waals surface area contributed by atoms with Gasteiger partial charge in [0.2, 0.25) is 5.91 Å². The molecule has 1 aromatic carbocycles. The molecule has 25 heavy (non-hydrogen) atoms. The number of rotatable bonds is 4. The van der Waals surface area contributed by atoms with E-state index in [4.69, 9.17) is 11.6 Å². The number of nitrogens with one attached hydrogen (secondary N) is 2. The monoisotopic (exact) mass is 359 g/mol. The Morgan fingerprint density at radius 1 is 1.44 bits per heavy atom. The Bertz CT molecular complexity index is 811. The van der Waals surface area contributed by atoms with Gasteiger partial charge in [0.15, 0.2) is 0 Å². The fraction of sp³-hybridized carbons (Fsp3) is 0.263. The molecule has 1 atom stereocenters. The smallest absolute Gasteiger partial charge is 0.228 e. The Balaban J connectivity index is 1.65. The van der Waals surface area contributed by atoms with Crippen LogP contribution >= 0.6 is 11.6 Å². The van der Waals surface area contributed by atoms with Gasteiger partial charge in [-0.2, -0.15) is 0 Å². The summed E-state index contributed by atoms with van der Waals surface area (Å²) in [4.78, 5) is 16.9. The van der Waals surface area contributed by atoms with Gasteiger partial charge in [-0.05, 0) is 36.0 Å². The van der Waals surface area contributed by atoms with E-state index in [0.717, 1.165) is 23.4 Å². The molecule has 0 aromatic heterocycles. The molecular formula is C19H19ClFN3O. The molecule has 0 unspecified atom stereocenters. The van der Waals surface area contributed by atoms with Crippen molar-refractivity contribution >= 4 is 28.9 Å². The van der Waals surface area contributed by atoms with Crippen LogP contribution in [-0.4, -0.2) is 24.7 Å². The highest BCUT2D eigenvalue weighted by molar-refractivity contribution is 6.31. The molecule has 0 saturated carbocycles. The first-order valence-electron chi connectivity index (χ1n) is 8.13. The summed E-state index contributed by atoms with van der Waals surface area (Å²) in [6, 6.07) is 4.14. The van der Waals surface area contributed by atoms with E-state index in [2.05, 4.69) is 28.6 Å². The van der Waals surface area contributed by atoms with Crippen LogP contribution in [0, 0.1) is 11.7 Å². The van der Waals surface area contributed by atoms with Gasteiger partial charge in [0.1, 0.15) is 5.82 Å². The number of carbonyl (C=O) groups excluding carboxylic acids is 1. The van der Waals surface area contributed by atoms with E-state index in [0.29, 0.717) is 12.2 Å². The third-order valence-electron chi connectivity index (χ3n) is 4.27. The van der Waals surface area contributed by atoms with Gasteiger partial charge in [-0.15, -0.1) is 0 Å². The SMILES string of the molecule is C[C@@H]1C(CC(=O)Nc2ccc(F)c(Cl)c2)=CCN=C1C1=CCNC=C1. The molecule has 2 aliphatic heterocycles. The molecule has 0 aliphatic carbocycles. The number of amides is 1. The molecule has 0 fully saturated rings. The number of halogens is 2. The van der Waals surface area contributed by atoms with Crippen LogP contribution in [-0.2, 0) is 4.79 Å². The fourth-order valence-electron chi connectivity index (χ4n) is 2.93. The van der Waals surface area contributed by atoms with E-state index < -0.39 is 5.82 Å². The lowest BCUT2D eigenvalue weighted by atomic mass is 9.86. The van der Waals surface area contributed by atoms with Crippen molar-refractivity contribution in [2.45, 2.75) is 13.3 Å². The van der Waals surface area contributed by atoms with Gasteiger partial charge in [0, 0.05) is 30.3 Å². The molecule has 2 aliphatic rings. The molecule has 0 saturated heterocycles. The summed E-state index contributed by atoms with van der Waals surface area (Å²) in [5.41, 5.74) is 3.62. The summed E-state index contributed by atoms with van der Waals surface area (Å²) in [6.45, 7) is 3.41. The molecule has 2 heterocycles. The van der Waals surface area contributed by atoms with Crippen molar-refractivity contribution in [1.29, 1.82) is 0 Å². The lowest BCUT2D eigenvalue weighted by Gasteiger charge is -2.24. The first-order valence-corrected chi connectivity index (χ1v) is 8.51. The van der Waals surface area contributed by atoms with Gasteiger partial charge in [-0.3, -0.25) is 9.79 Å². The number of hydrogen-bond acceptors (Lipinski definition) is 3. The number of hydrogen-bond donors (Lipinski definition) is 2. The molecule has 0 radical (unpaired) electrons. The topological polar surface area (TPSA) is 53.5 Å². The van der Waals surface area contributed by atoms with Crippen molar-refractivity contribution in [2.75, 3.05) is 18.4 Å². The number of aliphatic imine (C=N–C) groups is 1. The van der Waals surface area contributed by atoms with E-state index in [1.54, 1.807) is 0 Å². The average Bonchev–Trinajstić information content (AvgIpc) is 2.61. The van der Waals surface area contributed by atoms with Crippen LogP contribution in [0.25, 0.3) is 0 Å². The van der Waals surface area contributed by atoms with Gasteiger partial charge < -0.3 is 10.6 Å². The van der Waals surface area contributed by atoms with Crippen molar-refractivity contribution in [1.82, 2.24) is 5.32 Å². The number of anilines is 1. The summed E-state index contributed by atoms with van der Waals surface area (Å²) >= 11 is 5.75. The summed E-state index contributed by atoms with van der Waals surface area (Å²) in [5.74, 6) is -0.588. The summed E-state index contributed by atoms with van der Waals surface area (Å²) < 4.78 is 13.2. The minimum atomic E-state index is -0.507. The number of dihydropyridines is 2. The second-order valence-corrected chi connectivity index (χ2v) is 6.39. The largest absolute Gasteiger partial charge is 0.387 e. The molecule has 4 nitrogen and oxygen atoms in total. The molecule has 130 valence electrons. The number of carbonyl (C=O) groups is 1. The predicted octanol–water partition coefficient (Wildman–Crippen LogP) is 3.87.